The van der Waals surface area contributed by atoms with Crippen LogP contribution in [0.5, 0.6) is 5.88 Å². The van der Waals surface area contributed by atoms with Crippen LogP contribution in [0.15, 0.2) is 12.3 Å². The summed E-state index contributed by atoms with van der Waals surface area (Å²) in [7, 11) is 0. The van der Waals surface area contributed by atoms with Gasteiger partial charge in [0.05, 0.1) is 21.6 Å². The van der Waals surface area contributed by atoms with E-state index >= 15 is 0 Å². The van der Waals surface area contributed by atoms with Gasteiger partial charge in [0, 0.05) is 6.07 Å². The standard InChI is InChI=1S/C14H6Cl2F3N5O5/c1-2-3-29-12-7(5-20-13(16)22-12)21-10-8(23(25)26)4-6(14(17,18)19)9(15)11(10)24(27)28/h1,4-5,21H,3H2. The third-order valence-electron chi connectivity index (χ3n) is 3.18. The van der Waals surface area contributed by atoms with Gasteiger partial charge < -0.3 is 10.1 Å². The van der Waals surface area contributed by atoms with Crippen LogP contribution >= 0.6 is 23.2 Å². The van der Waals surface area contributed by atoms with E-state index in [1.807, 2.05) is 0 Å². The number of halogens is 5. The second-order valence-electron chi connectivity index (χ2n) is 4.97. The van der Waals surface area contributed by atoms with Crippen LogP contribution in [0.25, 0.3) is 0 Å². The van der Waals surface area contributed by atoms with E-state index in [-0.39, 0.29) is 29.5 Å². The van der Waals surface area contributed by atoms with E-state index < -0.39 is 43.7 Å². The lowest BCUT2D eigenvalue weighted by Crippen LogP contribution is -2.11. The predicted octanol–water partition coefficient (Wildman–Crippen LogP) is 4.37. The number of nitro groups is 2. The average molecular weight is 452 g/mol. The molecule has 0 unspecified atom stereocenters. The molecule has 1 aromatic carbocycles. The van der Waals surface area contributed by atoms with Crippen LogP contribution in [0, 0.1) is 32.6 Å². The Labute approximate surface area is 168 Å². The van der Waals surface area contributed by atoms with Crippen LogP contribution < -0.4 is 10.1 Å². The maximum absolute atomic E-state index is 13.1. The van der Waals surface area contributed by atoms with Crippen molar-refractivity contribution < 1.29 is 27.8 Å². The highest BCUT2D eigenvalue weighted by molar-refractivity contribution is 6.34. The van der Waals surface area contributed by atoms with E-state index in [0.29, 0.717) is 0 Å². The fourth-order valence-electron chi connectivity index (χ4n) is 2.06. The number of hydrogen-bond acceptors (Lipinski definition) is 8. The van der Waals surface area contributed by atoms with E-state index in [2.05, 4.69) is 21.2 Å². The second-order valence-corrected chi connectivity index (χ2v) is 5.68. The fourth-order valence-corrected chi connectivity index (χ4v) is 2.51. The Balaban J connectivity index is 2.76. The highest BCUT2D eigenvalue weighted by atomic mass is 35.5. The molecule has 0 spiro atoms. The normalized spacial score (nSPS) is 10.9. The zero-order chi connectivity index (χ0) is 21.9. The number of alkyl halides is 3. The van der Waals surface area contributed by atoms with Gasteiger partial charge in [-0.3, -0.25) is 20.2 Å². The number of terminal acetylenes is 1. The molecule has 15 heteroatoms. The van der Waals surface area contributed by atoms with E-state index in [0.717, 1.165) is 6.20 Å². The zero-order valence-corrected chi connectivity index (χ0v) is 15.2. The number of nitrogens with one attached hydrogen (secondary N) is 1. The summed E-state index contributed by atoms with van der Waals surface area (Å²) in [6.07, 6.45) is 0.793. The molecule has 29 heavy (non-hydrogen) atoms. The van der Waals surface area contributed by atoms with Crippen LogP contribution in [0.1, 0.15) is 5.56 Å². The van der Waals surface area contributed by atoms with Crippen LogP contribution in [-0.2, 0) is 6.18 Å². The van der Waals surface area contributed by atoms with Crippen LogP contribution in [-0.4, -0.2) is 26.4 Å². The van der Waals surface area contributed by atoms with Gasteiger partial charge in [-0.2, -0.15) is 18.2 Å². The Morgan fingerprint density at radius 3 is 2.45 bits per heavy atom. The lowest BCUT2D eigenvalue weighted by Gasteiger charge is -2.14. The molecule has 0 aliphatic rings. The van der Waals surface area contributed by atoms with E-state index in [9.17, 15) is 33.4 Å². The van der Waals surface area contributed by atoms with E-state index in [1.54, 1.807) is 0 Å². The molecule has 1 N–H and O–H groups in total. The van der Waals surface area contributed by atoms with E-state index in [4.69, 9.17) is 34.4 Å². The van der Waals surface area contributed by atoms with Gasteiger partial charge in [0.2, 0.25) is 11.2 Å². The van der Waals surface area contributed by atoms with Crippen LogP contribution in [0.3, 0.4) is 0 Å². The van der Waals surface area contributed by atoms with Gasteiger partial charge in [0.15, 0.2) is 12.3 Å². The van der Waals surface area contributed by atoms with Crippen molar-refractivity contribution in [2.45, 2.75) is 6.18 Å². The summed E-state index contributed by atoms with van der Waals surface area (Å²) in [5.74, 6) is 1.74. The molecular weight excluding hydrogens is 446 g/mol. The molecule has 2 rings (SSSR count). The van der Waals surface area contributed by atoms with Gasteiger partial charge in [-0.25, -0.2) is 4.98 Å². The smallest absolute Gasteiger partial charge is 0.418 e. The molecule has 152 valence electrons. The number of rotatable bonds is 6. The molecule has 0 fully saturated rings. The van der Waals surface area contributed by atoms with E-state index in [1.165, 1.54) is 0 Å². The lowest BCUT2D eigenvalue weighted by molar-refractivity contribution is -0.392. The van der Waals surface area contributed by atoms with Crippen molar-refractivity contribution in [2.75, 3.05) is 11.9 Å². The van der Waals surface area contributed by atoms with Gasteiger partial charge in [-0.05, 0) is 11.6 Å². The summed E-state index contributed by atoms with van der Waals surface area (Å²) in [6, 6.07) is 0.0659. The maximum atomic E-state index is 13.1. The van der Waals surface area contributed by atoms with Crippen molar-refractivity contribution >= 4 is 46.0 Å². The average Bonchev–Trinajstić information content (AvgIpc) is 2.60. The van der Waals surface area contributed by atoms with Gasteiger partial charge in [0.25, 0.3) is 0 Å². The van der Waals surface area contributed by atoms with Gasteiger partial charge in [-0.15, -0.1) is 6.42 Å². The van der Waals surface area contributed by atoms with Crippen molar-refractivity contribution in [2.24, 2.45) is 0 Å². The van der Waals surface area contributed by atoms with Crippen LogP contribution in [0.2, 0.25) is 10.3 Å². The summed E-state index contributed by atoms with van der Waals surface area (Å²) in [5, 5.41) is 23.2. The summed E-state index contributed by atoms with van der Waals surface area (Å²) >= 11 is 11.2. The lowest BCUT2D eigenvalue weighted by atomic mass is 10.1. The molecular formula is C14H6Cl2F3N5O5. The fraction of sp³-hybridized carbons (Fsp3) is 0.143. The predicted molar refractivity (Wildman–Crippen MR) is 94.4 cm³/mol. The Kier molecular flexibility index (Phi) is 6.30. The highest BCUT2D eigenvalue weighted by Crippen LogP contribution is 2.48. The molecule has 1 heterocycles. The number of hydrogen-bond donors (Lipinski definition) is 1. The number of aromatic nitrogens is 2. The zero-order valence-electron chi connectivity index (χ0n) is 13.7. The summed E-state index contributed by atoms with van der Waals surface area (Å²) in [4.78, 5) is 27.4. The summed E-state index contributed by atoms with van der Waals surface area (Å²) in [5.41, 5.74) is -5.65. The first-order valence-electron chi connectivity index (χ1n) is 7.05. The Hall–Kier alpha value is -3.37. The highest BCUT2D eigenvalue weighted by Gasteiger charge is 2.42. The summed E-state index contributed by atoms with van der Waals surface area (Å²) in [6.45, 7) is -0.333. The molecule has 0 bridgehead atoms. The minimum Gasteiger partial charge on any atom is -0.463 e. The molecule has 0 aliphatic carbocycles. The minimum absolute atomic E-state index is 0.0659. The Bertz CT molecular complexity index is 1040. The molecule has 0 aliphatic heterocycles. The largest absolute Gasteiger partial charge is 0.463 e. The number of benzene rings is 1. The quantitative estimate of drug-likeness (QED) is 0.296. The molecule has 0 amide bonds. The first kappa shape index (κ1) is 21.9. The Morgan fingerprint density at radius 2 is 1.93 bits per heavy atom. The molecule has 2 aromatic rings. The molecule has 10 nitrogen and oxygen atoms in total. The van der Waals surface area contributed by atoms with Crippen molar-refractivity contribution in [3.63, 3.8) is 0 Å². The third kappa shape index (κ3) is 4.73. The third-order valence-corrected chi connectivity index (χ3v) is 3.74. The molecule has 1 aromatic heterocycles. The topological polar surface area (TPSA) is 133 Å². The maximum Gasteiger partial charge on any atom is 0.418 e. The SMILES string of the molecule is C#CCOc1nc(Cl)ncc1Nc1c([N+](=O)[O-])cc(C(F)(F)F)c(Cl)c1[N+](=O)[O-]. The van der Waals surface area contributed by atoms with Gasteiger partial charge in [0.1, 0.15) is 10.7 Å². The molecule has 0 radical (unpaired) electrons. The van der Waals surface area contributed by atoms with Gasteiger partial charge in [-0.1, -0.05) is 17.5 Å². The summed E-state index contributed by atoms with van der Waals surface area (Å²) < 4.78 is 44.4. The molecule has 0 atom stereocenters. The minimum atomic E-state index is -5.18. The first-order valence-corrected chi connectivity index (χ1v) is 7.81. The van der Waals surface area contributed by atoms with Crippen molar-refractivity contribution in [1.29, 1.82) is 0 Å². The number of anilines is 2. The second kappa shape index (κ2) is 8.33. The van der Waals surface area contributed by atoms with Crippen LogP contribution in [0.4, 0.5) is 35.9 Å². The molecule has 0 saturated heterocycles. The van der Waals surface area contributed by atoms with Crippen molar-refractivity contribution in [3.05, 3.63) is 48.4 Å². The number of nitro benzene ring substituents is 2. The number of ether oxygens (including phenoxy) is 1. The monoisotopic (exact) mass is 451 g/mol. The van der Waals surface area contributed by atoms with Crippen molar-refractivity contribution in [1.82, 2.24) is 9.97 Å². The van der Waals surface area contributed by atoms with Gasteiger partial charge >= 0.3 is 17.6 Å². The first-order chi connectivity index (χ1) is 13.5. The molecule has 0 saturated carbocycles. The number of nitrogens with zero attached hydrogens (tertiary/aromatic N) is 4. The van der Waals surface area contributed by atoms with Crippen molar-refractivity contribution in [3.8, 4) is 18.2 Å². The Morgan fingerprint density at radius 1 is 1.28 bits per heavy atom.